The number of nitriles is 1. The third-order valence-corrected chi connectivity index (χ3v) is 1.85. The molecule has 1 aromatic heterocycles. The number of nitrogens with zero attached hydrogens (tertiary/aromatic N) is 4. The Balaban J connectivity index is 3.05. The van der Waals surface area contributed by atoms with E-state index >= 15 is 0 Å². The molecule has 0 spiro atoms. The quantitative estimate of drug-likeness (QED) is 0.763. The summed E-state index contributed by atoms with van der Waals surface area (Å²) < 4.78 is 4.68. The SMILES string of the molecule is CCOC(=O)C(C#N)c1nc(Cl)nc(Cl)n1. The van der Waals surface area contributed by atoms with Crippen molar-refractivity contribution in [2.24, 2.45) is 0 Å². The molecule has 0 aliphatic carbocycles. The van der Waals surface area contributed by atoms with Crippen molar-refractivity contribution in [3.05, 3.63) is 16.4 Å². The normalized spacial score (nSPS) is 11.6. The molecule has 0 amide bonds. The van der Waals surface area contributed by atoms with E-state index in [1.54, 1.807) is 13.0 Å². The van der Waals surface area contributed by atoms with Gasteiger partial charge in [0.2, 0.25) is 16.5 Å². The van der Waals surface area contributed by atoms with E-state index in [1.165, 1.54) is 0 Å². The number of ether oxygens (including phenoxy) is 1. The van der Waals surface area contributed by atoms with Crippen LogP contribution in [0.1, 0.15) is 18.7 Å². The van der Waals surface area contributed by atoms with E-state index in [-0.39, 0.29) is 23.0 Å². The number of hydrogen-bond acceptors (Lipinski definition) is 6. The van der Waals surface area contributed by atoms with Gasteiger partial charge in [0, 0.05) is 0 Å². The number of halogens is 2. The Bertz CT molecular complexity index is 426. The molecule has 84 valence electrons. The van der Waals surface area contributed by atoms with Gasteiger partial charge in [0.25, 0.3) is 0 Å². The molecule has 1 aromatic rings. The largest absolute Gasteiger partial charge is 0.465 e. The number of rotatable bonds is 3. The number of carbonyl (C=O) groups excluding carboxylic acids is 1. The molecule has 0 fully saturated rings. The van der Waals surface area contributed by atoms with Gasteiger partial charge in [-0.05, 0) is 30.1 Å². The molecule has 0 N–H and O–H groups in total. The summed E-state index contributed by atoms with van der Waals surface area (Å²) in [5.41, 5.74) is 0. The molecule has 1 unspecified atom stereocenters. The van der Waals surface area contributed by atoms with Crippen molar-refractivity contribution in [3.8, 4) is 6.07 Å². The van der Waals surface area contributed by atoms with Crippen LogP contribution in [0.25, 0.3) is 0 Å². The van der Waals surface area contributed by atoms with E-state index in [0.717, 1.165) is 0 Å². The molecule has 8 heteroatoms. The Morgan fingerprint density at radius 3 is 2.44 bits per heavy atom. The van der Waals surface area contributed by atoms with Gasteiger partial charge >= 0.3 is 5.97 Å². The van der Waals surface area contributed by atoms with Crippen LogP contribution in [-0.2, 0) is 9.53 Å². The van der Waals surface area contributed by atoms with Gasteiger partial charge in [-0.2, -0.15) is 10.2 Å². The maximum Gasteiger partial charge on any atom is 0.331 e. The van der Waals surface area contributed by atoms with Gasteiger partial charge in [0.1, 0.15) is 0 Å². The first kappa shape index (κ1) is 12.6. The van der Waals surface area contributed by atoms with Crippen molar-refractivity contribution in [1.29, 1.82) is 5.26 Å². The molecular weight excluding hydrogens is 255 g/mol. The average molecular weight is 261 g/mol. The molecule has 0 radical (unpaired) electrons. The summed E-state index contributed by atoms with van der Waals surface area (Å²) in [4.78, 5) is 22.2. The summed E-state index contributed by atoms with van der Waals surface area (Å²) in [6.07, 6.45) is 0. The average Bonchev–Trinajstić information content (AvgIpc) is 2.17. The Labute approximate surface area is 101 Å². The van der Waals surface area contributed by atoms with Gasteiger partial charge in [0.15, 0.2) is 5.82 Å². The molecule has 0 aliphatic rings. The molecule has 6 nitrogen and oxygen atoms in total. The highest BCUT2D eigenvalue weighted by Gasteiger charge is 2.25. The predicted octanol–water partition coefficient (Wildman–Crippen LogP) is 1.35. The number of hydrogen-bond donors (Lipinski definition) is 0. The van der Waals surface area contributed by atoms with Gasteiger partial charge in [0.05, 0.1) is 12.7 Å². The highest BCUT2D eigenvalue weighted by atomic mass is 35.5. The second-order valence-corrected chi connectivity index (χ2v) is 3.22. The third-order valence-electron chi connectivity index (χ3n) is 1.51. The summed E-state index contributed by atoms with van der Waals surface area (Å²) >= 11 is 11.0. The summed E-state index contributed by atoms with van der Waals surface area (Å²) in [5.74, 6) is -2.12. The fourth-order valence-corrected chi connectivity index (χ4v) is 1.29. The Kier molecular flexibility index (Phi) is 4.40. The number of aromatic nitrogens is 3. The van der Waals surface area contributed by atoms with Crippen LogP contribution < -0.4 is 0 Å². The van der Waals surface area contributed by atoms with Crippen molar-refractivity contribution < 1.29 is 9.53 Å². The van der Waals surface area contributed by atoms with Crippen molar-refractivity contribution in [2.45, 2.75) is 12.8 Å². The molecule has 0 saturated heterocycles. The Hall–Kier alpha value is -1.45. The van der Waals surface area contributed by atoms with E-state index in [4.69, 9.17) is 28.5 Å². The molecule has 1 atom stereocenters. The lowest BCUT2D eigenvalue weighted by Crippen LogP contribution is -2.17. The second-order valence-electron chi connectivity index (χ2n) is 2.55. The van der Waals surface area contributed by atoms with E-state index in [0.29, 0.717) is 0 Å². The van der Waals surface area contributed by atoms with Crippen LogP contribution in [0.2, 0.25) is 10.6 Å². The lowest BCUT2D eigenvalue weighted by Gasteiger charge is -2.06. The van der Waals surface area contributed by atoms with Crippen LogP contribution in [0.3, 0.4) is 0 Å². The van der Waals surface area contributed by atoms with Gasteiger partial charge in [-0.3, -0.25) is 4.79 Å². The summed E-state index contributed by atoms with van der Waals surface area (Å²) in [6, 6.07) is 1.71. The molecule has 16 heavy (non-hydrogen) atoms. The Morgan fingerprint density at radius 1 is 1.44 bits per heavy atom. The minimum atomic E-state index is -1.25. The van der Waals surface area contributed by atoms with Crippen LogP contribution in [0, 0.1) is 11.3 Å². The standard InChI is InChI=1S/C8H6Cl2N4O2/c1-2-16-6(15)4(3-11)5-12-7(9)14-8(10)13-5/h4H,2H2,1H3. The minimum absolute atomic E-state index is 0.119. The fraction of sp³-hybridized carbons (Fsp3) is 0.375. The topological polar surface area (TPSA) is 88.8 Å². The van der Waals surface area contributed by atoms with Gasteiger partial charge < -0.3 is 4.74 Å². The monoisotopic (exact) mass is 260 g/mol. The lowest BCUT2D eigenvalue weighted by molar-refractivity contribution is -0.143. The third kappa shape index (κ3) is 3.02. The van der Waals surface area contributed by atoms with Crippen LogP contribution in [0.5, 0.6) is 0 Å². The first-order valence-electron chi connectivity index (χ1n) is 4.21. The van der Waals surface area contributed by atoms with Crippen molar-refractivity contribution >= 4 is 29.2 Å². The van der Waals surface area contributed by atoms with Crippen molar-refractivity contribution in [3.63, 3.8) is 0 Å². The molecule has 1 heterocycles. The number of esters is 1. The smallest absolute Gasteiger partial charge is 0.331 e. The first-order valence-corrected chi connectivity index (χ1v) is 4.97. The van der Waals surface area contributed by atoms with Crippen molar-refractivity contribution in [1.82, 2.24) is 15.0 Å². The summed E-state index contributed by atoms with van der Waals surface area (Å²) in [5, 5.41) is 8.46. The zero-order chi connectivity index (χ0) is 12.1. The Morgan fingerprint density at radius 2 is 2.00 bits per heavy atom. The number of carbonyl (C=O) groups is 1. The van der Waals surface area contributed by atoms with E-state index in [1.807, 2.05) is 0 Å². The lowest BCUT2D eigenvalue weighted by atomic mass is 10.1. The second kappa shape index (κ2) is 5.58. The first-order chi connectivity index (χ1) is 7.58. The van der Waals surface area contributed by atoms with Crippen molar-refractivity contribution in [2.75, 3.05) is 6.61 Å². The molecular formula is C8H6Cl2N4O2. The van der Waals surface area contributed by atoms with E-state index in [2.05, 4.69) is 19.7 Å². The maximum atomic E-state index is 11.4. The van der Waals surface area contributed by atoms with Crippen LogP contribution in [-0.4, -0.2) is 27.5 Å². The minimum Gasteiger partial charge on any atom is -0.465 e. The molecule has 1 rings (SSSR count). The van der Waals surface area contributed by atoms with Gasteiger partial charge in [-0.25, -0.2) is 9.97 Å². The molecule has 0 aromatic carbocycles. The van der Waals surface area contributed by atoms with Crippen LogP contribution >= 0.6 is 23.2 Å². The molecule has 0 aliphatic heterocycles. The zero-order valence-electron chi connectivity index (χ0n) is 8.15. The summed E-state index contributed by atoms with van der Waals surface area (Å²) in [6.45, 7) is 1.78. The zero-order valence-corrected chi connectivity index (χ0v) is 9.66. The highest BCUT2D eigenvalue weighted by molar-refractivity contribution is 6.31. The molecule has 0 bridgehead atoms. The van der Waals surface area contributed by atoms with E-state index < -0.39 is 11.9 Å². The van der Waals surface area contributed by atoms with Crippen LogP contribution in [0.4, 0.5) is 0 Å². The fourth-order valence-electron chi connectivity index (χ4n) is 0.911. The summed E-state index contributed by atoms with van der Waals surface area (Å²) in [7, 11) is 0. The van der Waals surface area contributed by atoms with E-state index in [9.17, 15) is 4.79 Å². The molecule has 0 saturated carbocycles. The van der Waals surface area contributed by atoms with Gasteiger partial charge in [-0.15, -0.1) is 0 Å². The predicted molar refractivity (Wildman–Crippen MR) is 54.8 cm³/mol. The maximum absolute atomic E-state index is 11.4. The van der Waals surface area contributed by atoms with Gasteiger partial charge in [-0.1, -0.05) is 0 Å². The highest BCUT2D eigenvalue weighted by Crippen LogP contribution is 2.16. The van der Waals surface area contributed by atoms with Crippen LogP contribution in [0.15, 0.2) is 0 Å².